The van der Waals surface area contributed by atoms with Gasteiger partial charge in [0.2, 0.25) is 0 Å². The second-order valence-corrected chi connectivity index (χ2v) is 7.96. The molecule has 0 aliphatic heterocycles. The molecule has 1 aromatic heterocycles. The molecular formula is C21H17ClN4OS. The van der Waals surface area contributed by atoms with Crippen molar-refractivity contribution in [1.82, 2.24) is 13.6 Å². The number of carbonyl (C=O) groups is 1. The van der Waals surface area contributed by atoms with Crippen LogP contribution in [0, 0.1) is 0 Å². The highest BCUT2D eigenvalue weighted by Gasteiger charge is 2.33. The van der Waals surface area contributed by atoms with Gasteiger partial charge in [-0.25, -0.2) is 4.79 Å². The van der Waals surface area contributed by atoms with E-state index < -0.39 is 0 Å². The monoisotopic (exact) mass is 408 g/mol. The van der Waals surface area contributed by atoms with Crippen LogP contribution in [-0.2, 0) is 6.54 Å². The number of nitrogens with zero attached hydrogens (tertiary/aromatic N) is 3. The molecule has 5 rings (SSSR count). The van der Waals surface area contributed by atoms with E-state index in [1.54, 1.807) is 12.1 Å². The molecule has 140 valence electrons. The van der Waals surface area contributed by atoms with Crippen molar-refractivity contribution in [2.45, 2.75) is 25.4 Å². The minimum atomic E-state index is -0.118. The van der Waals surface area contributed by atoms with Gasteiger partial charge in [-0.05, 0) is 47.4 Å². The Morgan fingerprint density at radius 3 is 2.68 bits per heavy atom. The standard InChI is InChI=1S/C21H17ClN4OS/c22-17-9-10-18(20-19(17)24-28-25-20)23-21(27)26(16-7-8-16)12-13-5-6-14-3-1-2-4-15(14)11-13/h1-6,9-11,16H,7-8,12H2,(H,23,27). The van der Waals surface area contributed by atoms with Crippen molar-refractivity contribution in [2.24, 2.45) is 0 Å². The molecule has 0 unspecified atom stereocenters. The maximum absolute atomic E-state index is 13.0. The average Bonchev–Trinajstić information content (AvgIpc) is 3.43. The molecule has 0 spiro atoms. The summed E-state index contributed by atoms with van der Waals surface area (Å²) in [4.78, 5) is 15.0. The van der Waals surface area contributed by atoms with Gasteiger partial charge in [-0.1, -0.05) is 48.0 Å². The van der Waals surface area contributed by atoms with Crippen molar-refractivity contribution < 1.29 is 4.79 Å². The van der Waals surface area contributed by atoms with Gasteiger partial charge in [0, 0.05) is 12.6 Å². The van der Waals surface area contributed by atoms with E-state index in [9.17, 15) is 4.79 Å². The second kappa shape index (κ2) is 7.04. The normalized spacial score (nSPS) is 13.8. The number of carbonyl (C=O) groups excluding carboxylic acids is 1. The smallest absolute Gasteiger partial charge is 0.317 e. The van der Waals surface area contributed by atoms with Gasteiger partial charge in [0.1, 0.15) is 11.0 Å². The zero-order valence-electron chi connectivity index (χ0n) is 14.9. The summed E-state index contributed by atoms with van der Waals surface area (Å²) in [6.45, 7) is 0.577. The highest BCUT2D eigenvalue weighted by molar-refractivity contribution is 7.00. The lowest BCUT2D eigenvalue weighted by molar-refractivity contribution is 0.206. The summed E-state index contributed by atoms with van der Waals surface area (Å²) in [5, 5.41) is 5.93. The van der Waals surface area contributed by atoms with Crippen molar-refractivity contribution in [1.29, 1.82) is 0 Å². The number of rotatable bonds is 4. The van der Waals surface area contributed by atoms with Gasteiger partial charge in [-0.15, -0.1) is 0 Å². The lowest BCUT2D eigenvalue weighted by Gasteiger charge is -2.23. The van der Waals surface area contributed by atoms with Gasteiger partial charge in [0.25, 0.3) is 0 Å². The van der Waals surface area contributed by atoms with Crippen molar-refractivity contribution in [3.8, 4) is 0 Å². The molecule has 2 amide bonds. The van der Waals surface area contributed by atoms with Crippen LogP contribution in [-0.4, -0.2) is 25.7 Å². The number of amides is 2. The first kappa shape index (κ1) is 17.4. The summed E-state index contributed by atoms with van der Waals surface area (Å²) in [6, 6.07) is 18.3. The molecule has 1 aliphatic carbocycles. The predicted molar refractivity (Wildman–Crippen MR) is 114 cm³/mol. The summed E-state index contributed by atoms with van der Waals surface area (Å²) in [6.07, 6.45) is 2.07. The Labute approximate surface area is 171 Å². The van der Waals surface area contributed by atoms with Crippen LogP contribution in [0.5, 0.6) is 0 Å². The zero-order chi connectivity index (χ0) is 19.1. The lowest BCUT2D eigenvalue weighted by Crippen LogP contribution is -2.36. The van der Waals surface area contributed by atoms with Crippen LogP contribution in [0.15, 0.2) is 54.6 Å². The summed E-state index contributed by atoms with van der Waals surface area (Å²) < 4.78 is 8.49. The van der Waals surface area contributed by atoms with E-state index in [2.05, 4.69) is 44.4 Å². The van der Waals surface area contributed by atoms with E-state index >= 15 is 0 Å². The van der Waals surface area contributed by atoms with Crippen LogP contribution in [0.3, 0.4) is 0 Å². The average molecular weight is 409 g/mol. The number of halogens is 1. The van der Waals surface area contributed by atoms with E-state index in [0.29, 0.717) is 28.3 Å². The first-order valence-electron chi connectivity index (χ1n) is 9.15. The van der Waals surface area contributed by atoms with E-state index in [0.717, 1.165) is 30.1 Å². The molecule has 5 nitrogen and oxygen atoms in total. The molecule has 1 N–H and O–H groups in total. The molecular weight excluding hydrogens is 392 g/mol. The molecule has 0 bridgehead atoms. The van der Waals surface area contributed by atoms with E-state index in [1.165, 1.54) is 10.8 Å². The number of nitrogens with one attached hydrogen (secondary N) is 1. The second-order valence-electron chi connectivity index (χ2n) is 7.03. The van der Waals surface area contributed by atoms with Crippen LogP contribution in [0.1, 0.15) is 18.4 Å². The Kier molecular flexibility index (Phi) is 4.37. The summed E-state index contributed by atoms with van der Waals surface area (Å²) >= 11 is 7.26. The molecule has 0 atom stereocenters. The van der Waals surface area contributed by atoms with Crippen molar-refractivity contribution in [2.75, 3.05) is 5.32 Å². The molecule has 1 heterocycles. The first-order valence-corrected chi connectivity index (χ1v) is 10.3. The third kappa shape index (κ3) is 3.30. The van der Waals surface area contributed by atoms with E-state index in [1.807, 2.05) is 17.0 Å². The number of aromatic nitrogens is 2. The highest BCUT2D eigenvalue weighted by Crippen LogP contribution is 2.32. The Morgan fingerprint density at radius 2 is 1.86 bits per heavy atom. The fraction of sp³-hybridized carbons (Fsp3) is 0.190. The molecule has 4 aromatic rings. The lowest BCUT2D eigenvalue weighted by atomic mass is 10.1. The van der Waals surface area contributed by atoms with Gasteiger partial charge >= 0.3 is 6.03 Å². The third-order valence-corrected chi connectivity index (χ3v) is 5.86. The molecule has 1 fully saturated rings. The van der Waals surface area contributed by atoms with Crippen LogP contribution < -0.4 is 5.32 Å². The fourth-order valence-corrected chi connectivity index (χ4v) is 4.23. The molecule has 1 saturated carbocycles. The maximum Gasteiger partial charge on any atom is 0.322 e. The molecule has 1 aliphatic rings. The van der Waals surface area contributed by atoms with E-state index in [-0.39, 0.29) is 12.1 Å². The number of urea groups is 1. The minimum absolute atomic E-state index is 0.118. The van der Waals surface area contributed by atoms with Crippen LogP contribution in [0.2, 0.25) is 5.02 Å². The first-order chi connectivity index (χ1) is 13.7. The van der Waals surface area contributed by atoms with E-state index in [4.69, 9.17) is 11.6 Å². The van der Waals surface area contributed by atoms with Gasteiger partial charge in [-0.3, -0.25) is 0 Å². The number of anilines is 1. The topological polar surface area (TPSA) is 58.1 Å². The van der Waals surface area contributed by atoms with Crippen LogP contribution >= 0.6 is 23.3 Å². The predicted octanol–water partition coefficient (Wildman–Crippen LogP) is 5.69. The Hall–Kier alpha value is -2.70. The molecule has 0 saturated heterocycles. The SMILES string of the molecule is O=C(Nc1ccc(Cl)c2nsnc12)N(Cc1ccc2ccccc2c1)C1CC1. The quantitative estimate of drug-likeness (QED) is 0.471. The van der Waals surface area contributed by atoms with Crippen molar-refractivity contribution in [3.05, 3.63) is 65.2 Å². The number of hydrogen-bond acceptors (Lipinski definition) is 4. The van der Waals surface area contributed by atoms with Gasteiger partial charge < -0.3 is 10.2 Å². The van der Waals surface area contributed by atoms with Gasteiger partial charge in [-0.2, -0.15) is 8.75 Å². The zero-order valence-corrected chi connectivity index (χ0v) is 16.5. The number of fused-ring (bicyclic) bond motifs is 2. The van der Waals surface area contributed by atoms with Crippen molar-refractivity contribution in [3.63, 3.8) is 0 Å². The fourth-order valence-electron chi connectivity index (χ4n) is 3.41. The highest BCUT2D eigenvalue weighted by atomic mass is 35.5. The Balaban J connectivity index is 1.40. The largest absolute Gasteiger partial charge is 0.322 e. The van der Waals surface area contributed by atoms with Gasteiger partial charge in [0.05, 0.1) is 22.4 Å². The summed E-state index contributed by atoms with van der Waals surface area (Å²) in [7, 11) is 0. The number of hydrogen-bond donors (Lipinski definition) is 1. The molecule has 3 aromatic carbocycles. The summed E-state index contributed by atoms with van der Waals surface area (Å²) in [5.41, 5.74) is 3.02. The van der Waals surface area contributed by atoms with Crippen LogP contribution in [0.25, 0.3) is 21.8 Å². The third-order valence-electron chi connectivity index (χ3n) is 5.02. The molecule has 7 heteroatoms. The molecule has 0 radical (unpaired) electrons. The Morgan fingerprint density at radius 1 is 1.07 bits per heavy atom. The maximum atomic E-state index is 13.0. The molecule has 28 heavy (non-hydrogen) atoms. The number of benzene rings is 3. The minimum Gasteiger partial charge on any atom is -0.317 e. The van der Waals surface area contributed by atoms with Gasteiger partial charge in [0.15, 0.2) is 0 Å². The van der Waals surface area contributed by atoms with Crippen LogP contribution in [0.4, 0.5) is 10.5 Å². The Bertz CT molecular complexity index is 1190. The summed E-state index contributed by atoms with van der Waals surface area (Å²) in [5.74, 6) is 0. The van der Waals surface area contributed by atoms with Crippen molar-refractivity contribution >= 4 is 56.9 Å².